The Hall–Kier alpha value is -0.630. The highest BCUT2D eigenvalue weighted by Gasteiger charge is 2.38. The number of nitrogens with zero attached hydrogens (tertiary/aromatic N) is 1. The summed E-state index contributed by atoms with van der Waals surface area (Å²) in [4.78, 5) is 14.7. The van der Waals surface area contributed by atoms with Gasteiger partial charge in [-0.1, -0.05) is 12.5 Å². The van der Waals surface area contributed by atoms with E-state index in [1.165, 1.54) is 56.3 Å². The van der Waals surface area contributed by atoms with E-state index in [4.69, 9.17) is 0 Å². The first kappa shape index (κ1) is 12.4. The number of fused-ring (bicyclic) bond motifs is 1. The summed E-state index contributed by atoms with van der Waals surface area (Å²) in [5.74, 6) is 1.24. The van der Waals surface area contributed by atoms with Crippen molar-refractivity contribution in [2.24, 2.45) is 5.92 Å². The number of piperidine rings is 1. The lowest BCUT2D eigenvalue weighted by Gasteiger charge is -2.46. The summed E-state index contributed by atoms with van der Waals surface area (Å²) in [7, 11) is 0. The molecule has 0 unspecified atom stereocenters. The summed E-state index contributed by atoms with van der Waals surface area (Å²) in [5.41, 5.74) is 2.77. The monoisotopic (exact) mass is 247 g/mol. The Balaban J connectivity index is 1.81. The lowest BCUT2D eigenvalue weighted by Crippen LogP contribution is -2.48. The van der Waals surface area contributed by atoms with Crippen molar-refractivity contribution < 1.29 is 4.79 Å². The second kappa shape index (κ2) is 5.16. The van der Waals surface area contributed by atoms with Crippen LogP contribution < -0.4 is 0 Å². The van der Waals surface area contributed by atoms with Gasteiger partial charge in [0.15, 0.2) is 5.78 Å². The number of Topliss-reactive ketones (excluding diaryl/α,β-unsaturated/α-hetero) is 1. The molecular weight excluding hydrogens is 222 g/mol. The smallest absolute Gasteiger partial charge is 0.158 e. The molecule has 0 radical (unpaired) electrons. The zero-order valence-corrected chi connectivity index (χ0v) is 11.6. The molecule has 2 aliphatic carbocycles. The zero-order valence-electron chi connectivity index (χ0n) is 11.6. The van der Waals surface area contributed by atoms with Gasteiger partial charge >= 0.3 is 0 Å². The number of likely N-dealkylation sites (tertiary alicyclic amines) is 1. The number of ketones is 1. The summed E-state index contributed by atoms with van der Waals surface area (Å²) in [6.07, 6.45) is 9.34. The van der Waals surface area contributed by atoms with Crippen LogP contribution in [0.4, 0.5) is 0 Å². The number of carbonyl (C=O) groups excluding carboxylic acids is 1. The van der Waals surface area contributed by atoms with Gasteiger partial charge in [0.05, 0.1) is 0 Å². The van der Waals surface area contributed by atoms with E-state index in [2.05, 4.69) is 11.8 Å². The van der Waals surface area contributed by atoms with Crippen LogP contribution in [-0.4, -0.2) is 29.8 Å². The highest BCUT2D eigenvalue weighted by atomic mass is 16.1. The SMILES string of the molecule is CCCN1CCC[C@@H]2CC3=C(CCCC3=O)C[C@H]21. The summed E-state index contributed by atoms with van der Waals surface area (Å²) in [6.45, 7) is 4.81. The van der Waals surface area contributed by atoms with Crippen molar-refractivity contribution in [3.63, 3.8) is 0 Å². The van der Waals surface area contributed by atoms with E-state index in [0.29, 0.717) is 5.78 Å². The molecule has 1 saturated heterocycles. The Morgan fingerprint density at radius 1 is 1.22 bits per heavy atom. The Morgan fingerprint density at radius 2 is 2.11 bits per heavy atom. The number of hydrogen-bond acceptors (Lipinski definition) is 2. The fraction of sp³-hybridized carbons (Fsp3) is 0.812. The van der Waals surface area contributed by atoms with E-state index in [1.807, 2.05) is 0 Å². The molecule has 1 fully saturated rings. The van der Waals surface area contributed by atoms with Crippen LogP contribution in [0.25, 0.3) is 0 Å². The van der Waals surface area contributed by atoms with Gasteiger partial charge in [0.1, 0.15) is 0 Å². The van der Waals surface area contributed by atoms with Crippen LogP contribution >= 0.6 is 0 Å². The lowest BCUT2D eigenvalue weighted by molar-refractivity contribution is -0.116. The molecule has 2 heteroatoms. The first-order chi connectivity index (χ1) is 8.79. The molecule has 0 spiro atoms. The molecule has 3 rings (SSSR count). The molecule has 100 valence electrons. The summed E-state index contributed by atoms with van der Waals surface area (Å²) >= 11 is 0. The Morgan fingerprint density at radius 3 is 2.94 bits per heavy atom. The van der Waals surface area contributed by atoms with Crippen LogP contribution in [0.3, 0.4) is 0 Å². The van der Waals surface area contributed by atoms with Gasteiger partial charge in [-0.3, -0.25) is 9.69 Å². The van der Waals surface area contributed by atoms with Crippen molar-refractivity contribution in [2.45, 2.75) is 64.3 Å². The Kier molecular flexibility index (Phi) is 3.56. The largest absolute Gasteiger partial charge is 0.300 e. The second-order valence-corrected chi connectivity index (χ2v) is 6.27. The van der Waals surface area contributed by atoms with Crippen molar-refractivity contribution in [2.75, 3.05) is 13.1 Å². The van der Waals surface area contributed by atoms with Gasteiger partial charge in [0, 0.05) is 12.5 Å². The minimum absolute atomic E-state index is 0.474. The molecule has 0 saturated carbocycles. The molecule has 0 amide bonds. The molecule has 0 aromatic rings. The van der Waals surface area contributed by atoms with E-state index in [0.717, 1.165) is 31.2 Å². The van der Waals surface area contributed by atoms with Gasteiger partial charge in [-0.25, -0.2) is 0 Å². The van der Waals surface area contributed by atoms with E-state index < -0.39 is 0 Å². The van der Waals surface area contributed by atoms with E-state index in [9.17, 15) is 4.79 Å². The van der Waals surface area contributed by atoms with Crippen LogP contribution in [0.5, 0.6) is 0 Å². The van der Waals surface area contributed by atoms with Crippen molar-refractivity contribution in [3.8, 4) is 0 Å². The topological polar surface area (TPSA) is 20.3 Å². The molecule has 0 aromatic carbocycles. The minimum atomic E-state index is 0.474. The molecule has 18 heavy (non-hydrogen) atoms. The van der Waals surface area contributed by atoms with Crippen molar-refractivity contribution in [3.05, 3.63) is 11.1 Å². The maximum absolute atomic E-state index is 12.0. The fourth-order valence-corrected chi connectivity index (χ4v) is 4.27. The minimum Gasteiger partial charge on any atom is -0.300 e. The van der Waals surface area contributed by atoms with Crippen LogP contribution in [0.2, 0.25) is 0 Å². The van der Waals surface area contributed by atoms with Gasteiger partial charge < -0.3 is 0 Å². The number of carbonyl (C=O) groups is 1. The second-order valence-electron chi connectivity index (χ2n) is 6.27. The first-order valence-corrected chi connectivity index (χ1v) is 7.77. The maximum Gasteiger partial charge on any atom is 0.158 e. The molecule has 3 aliphatic rings. The number of rotatable bonds is 2. The molecule has 1 heterocycles. The fourth-order valence-electron chi connectivity index (χ4n) is 4.27. The van der Waals surface area contributed by atoms with Crippen LogP contribution in [0, 0.1) is 5.92 Å². The maximum atomic E-state index is 12.0. The van der Waals surface area contributed by atoms with Crippen LogP contribution in [0.1, 0.15) is 58.3 Å². The van der Waals surface area contributed by atoms with Gasteiger partial charge in [0.25, 0.3) is 0 Å². The molecule has 2 nitrogen and oxygen atoms in total. The van der Waals surface area contributed by atoms with Gasteiger partial charge in [-0.05, 0) is 69.5 Å². The van der Waals surface area contributed by atoms with Crippen LogP contribution in [-0.2, 0) is 4.79 Å². The van der Waals surface area contributed by atoms with E-state index in [1.54, 1.807) is 0 Å². The van der Waals surface area contributed by atoms with Gasteiger partial charge in [0.2, 0.25) is 0 Å². The molecule has 0 aromatic heterocycles. The quantitative estimate of drug-likeness (QED) is 0.746. The third-order valence-electron chi connectivity index (χ3n) is 5.11. The lowest BCUT2D eigenvalue weighted by atomic mass is 9.71. The number of hydrogen-bond donors (Lipinski definition) is 0. The van der Waals surface area contributed by atoms with E-state index in [-0.39, 0.29) is 0 Å². The third kappa shape index (κ3) is 2.16. The Bertz CT molecular complexity index is 369. The molecule has 0 N–H and O–H groups in total. The predicted octanol–water partition coefficient (Wildman–Crippen LogP) is 3.32. The third-order valence-corrected chi connectivity index (χ3v) is 5.11. The molecule has 2 atom stereocenters. The zero-order chi connectivity index (χ0) is 12.5. The predicted molar refractivity (Wildman–Crippen MR) is 73.5 cm³/mol. The van der Waals surface area contributed by atoms with Crippen molar-refractivity contribution in [1.29, 1.82) is 0 Å². The van der Waals surface area contributed by atoms with Gasteiger partial charge in [-0.2, -0.15) is 0 Å². The summed E-state index contributed by atoms with van der Waals surface area (Å²) in [5, 5.41) is 0. The first-order valence-electron chi connectivity index (χ1n) is 7.77. The highest BCUT2D eigenvalue weighted by Crippen LogP contribution is 2.42. The van der Waals surface area contributed by atoms with Gasteiger partial charge in [-0.15, -0.1) is 0 Å². The van der Waals surface area contributed by atoms with Crippen molar-refractivity contribution in [1.82, 2.24) is 4.90 Å². The number of allylic oxidation sites excluding steroid dienone is 1. The highest BCUT2D eigenvalue weighted by molar-refractivity contribution is 5.97. The van der Waals surface area contributed by atoms with Crippen LogP contribution in [0.15, 0.2) is 11.1 Å². The standard InChI is InChI=1S/C16H25NO/c1-2-8-17-9-4-6-13-10-14-12(11-15(13)17)5-3-7-16(14)18/h13,15H,2-11H2,1H3/t13-,15-/m1/s1. The average Bonchev–Trinajstić information content (AvgIpc) is 2.38. The summed E-state index contributed by atoms with van der Waals surface area (Å²) < 4.78 is 0. The normalized spacial score (nSPS) is 33.3. The van der Waals surface area contributed by atoms with Crippen molar-refractivity contribution >= 4 is 5.78 Å². The summed E-state index contributed by atoms with van der Waals surface area (Å²) in [6, 6.07) is 0.753. The molecule has 1 aliphatic heterocycles. The molecular formula is C16H25NO. The molecule has 0 bridgehead atoms. The van der Waals surface area contributed by atoms with E-state index >= 15 is 0 Å². The average molecular weight is 247 g/mol. The Labute approximate surface area is 110 Å².